The van der Waals surface area contributed by atoms with Gasteiger partial charge in [0.05, 0.1) is 19.9 Å². The minimum atomic E-state index is -0.896. The van der Waals surface area contributed by atoms with Crippen LogP contribution < -0.4 is 25.0 Å². The predicted octanol–water partition coefficient (Wildman–Crippen LogP) is 4.91. The molecule has 37 heavy (non-hydrogen) atoms. The molecule has 0 bridgehead atoms. The van der Waals surface area contributed by atoms with Crippen LogP contribution in [0.3, 0.4) is 0 Å². The molecule has 8 nitrogen and oxygen atoms in total. The van der Waals surface area contributed by atoms with Crippen molar-refractivity contribution in [2.45, 2.75) is 13.5 Å². The van der Waals surface area contributed by atoms with Gasteiger partial charge in [-0.05, 0) is 71.3 Å². The maximum absolute atomic E-state index is 12.1. The molecule has 4 aromatic rings. The van der Waals surface area contributed by atoms with Gasteiger partial charge in [-0.2, -0.15) is 5.10 Å². The Hall–Kier alpha value is -4.85. The van der Waals surface area contributed by atoms with Crippen LogP contribution in [0.15, 0.2) is 90.0 Å². The third-order valence-electron chi connectivity index (χ3n) is 5.46. The van der Waals surface area contributed by atoms with Gasteiger partial charge in [0.15, 0.2) is 11.5 Å². The summed E-state index contributed by atoms with van der Waals surface area (Å²) < 4.78 is 16.9. The lowest BCUT2D eigenvalue weighted by Gasteiger charge is -2.12. The van der Waals surface area contributed by atoms with Gasteiger partial charge in [0.25, 0.3) is 0 Å². The van der Waals surface area contributed by atoms with Gasteiger partial charge in [0, 0.05) is 5.69 Å². The van der Waals surface area contributed by atoms with E-state index in [1.807, 2.05) is 31.2 Å². The van der Waals surface area contributed by atoms with Crippen LogP contribution in [0, 0.1) is 0 Å². The molecule has 0 aromatic heterocycles. The maximum atomic E-state index is 12.1. The monoisotopic (exact) mass is 497 g/mol. The van der Waals surface area contributed by atoms with Crippen molar-refractivity contribution in [1.29, 1.82) is 0 Å². The van der Waals surface area contributed by atoms with Crippen molar-refractivity contribution in [3.05, 3.63) is 96.1 Å². The van der Waals surface area contributed by atoms with E-state index in [4.69, 9.17) is 14.2 Å². The Morgan fingerprint density at radius 3 is 2.43 bits per heavy atom. The van der Waals surface area contributed by atoms with Crippen LogP contribution in [0.2, 0.25) is 0 Å². The molecule has 0 saturated carbocycles. The molecule has 0 spiro atoms. The fourth-order valence-corrected chi connectivity index (χ4v) is 3.66. The molecule has 188 valence electrons. The van der Waals surface area contributed by atoms with Crippen LogP contribution >= 0.6 is 0 Å². The fourth-order valence-electron chi connectivity index (χ4n) is 3.66. The predicted molar refractivity (Wildman–Crippen MR) is 143 cm³/mol. The molecule has 0 aliphatic heterocycles. The number of rotatable bonds is 9. The van der Waals surface area contributed by atoms with Crippen molar-refractivity contribution in [2.24, 2.45) is 5.10 Å². The topological polar surface area (TPSA) is 98.2 Å². The molecule has 2 amide bonds. The van der Waals surface area contributed by atoms with Crippen LogP contribution in [-0.2, 0) is 16.2 Å². The smallest absolute Gasteiger partial charge is 0.329 e. The van der Waals surface area contributed by atoms with E-state index in [1.165, 1.54) is 6.21 Å². The zero-order chi connectivity index (χ0) is 26.0. The van der Waals surface area contributed by atoms with Gasteiger partial charge in [-0.15, -0.1) is 0 Å². The largest absolute Gasteiger partial charge is 0.494 e. The Labute approximate surface area is 214 Å². The van der Waals surface area contributed by atoms with Gasteiger partial charge in [0.2, 0.25) is 0 Å². The number of nitrogens with zero attached hydrogens (tertiary/aromatic N) is 1. The minimum absolute atomic E-state index is 0.380. The molecule has 0 radical (unpaired) electrons. The summed E-state index contributed by atoms with van der Waals surface area (Å²) in [6, 6.07) is 26.2. The third kappa shape index (κ3) is 6.64. The van der Waals surface area contributed by atoms with Crippen molar-refractivity contribution in [2.75, 3.05) is 19.0 Å². The van der Waals surface area contributed by atoms with Crippen LogP contribution in [0.4, 0.5) is 5.69 Å². The number of nitrogens with one attached hydrogen (secondary N) is 2. The SMILES string of the molecule is CCOc1ccc(NC(=O)C(=O)N/N=C/c2ccc(OCc3cccc4ccccc34)c(OC)c2)cc1. The number of anilines is 1. The van der Waals surface area contributed by atoms with Gasteiger partial charge in [-0.1, -0.05) is 42.5 Å². The summed E-state index contributed by atoms with van der Waals surface area (Å²) in [5.41, 5.74) is 4.41. The van der Waals surface area contributed by atoms with Gasteiger partial charge in [0.1, 0.15) is 12.4 Å². The Bertz CT molecular complexity index is 1410. The van der Waals surface area contributed by atoms with Crippen LogP contribution in [0.1, 0.15) is 18.1 Å². The highest BCUT2D eigenvalue weighted by Gasteiger charge is 2.13. The average molecular weight is 498 g/mol. The summed E-state index contributed by atoms with van der Waals surface area (Å²) in [4.78, 5) is 24.2. The summed E-state index contributed by atoms with van der Waals surface area (Å²) >= 11 is 0. The van der Waals surface area contributed by atoms with E-state index in [0.717, 1.165) is 16.3 Å². The molecule has 4 rings (SSSR count). The second kappa shape index (κ2) is 12.2. The van der Waals surface area contributed by atoms with Crippen LogP contribution in [0.25, 0.3) is 10.8 Å². The average Bonchev–Trinajstić information content (AvgIpc) is 2.93. The second-order valence-corrected chi connectivity index (χ2v) is 7.95. The first-order chi connectivity index (χ1) is 18.1. The number of carbonyl (C=O) groups excluding carboxylic acids is 2. The van der Waals surface area contributed by atoms with Crippen LogP contribution in [-0.4, -0.2) is 31.7 Å². The lowest BCUT2D eigenvalue weighted by molar-refractivity contribution is -0.136. The van der Waals surface area contributed by atoms with Crippen molar-refractivity contribution in [3.63, 3.8) is 0 Å². The Morgan fingerprint density at radius 1 is 0.865 bits per heavy atom. The first kappa shape index (κ1) is 25.2. The number of amides is 2. The van der Waals surface area contributed by atoms with Gasteiger partial charge < -0.3 is 19.5 Å². The maximum Gasteiger partial charge on any atom is 0.329 e. The standard InChI is InChI=1S/C29H27N3O5/c1-3-36-24-14-12-23(13-15-24)31-28(33)29(34)32-30-18-20-11-16-26(27(17-20)35-2)37-19-22-9-6-8-21-7-4-5-10-25(21)22/h4-18H,3,19H2,1-2H3,(H,31,33)(H,32,34)/b30-18+. The summed E-state index contributed by atoms with van der Waals surface area (Å²) in [7, 11) is 1.55. The molecule has 0 saturated heterocycles. The third-order valence-corrected chi connectivity index (χ3v) is 5.46. The summed E-state index contributed by atoms with van der Waals surface area (Å²) in [6.45, 7) is 2.80. The number of hydrogen-bond acceptors (Lipinski definition) is 6. The van der Waals surface area contributed by atoms with Gasteiger partial charge in [-0.25, -0.2) is 5.43 Å². The number of methoxy groups -OCH3 is 1. The lowest BCUT2D eigenvalue weighted by Crippen LogP contribution is -2.32. The summed E-state index contributed by atoms with van der Waals surface area (Å²) in [5, 5.41) is 8.67. The summed E-state index contributed by atoms with van der Waals surface area (Å²) in [5.74, 6) is 0.0354. The number of hydrogen-bond donors (Lipinski definition) is 2. The minimum Gasteiger partial charge on any atom is -0.494 e. The van der Waals surface area contributed by atoms with E-state index in [-0.39, 0.29) is 0 Å². The molecule has 0 aliphatic rings. The Morgan fingerprint density at radius 2 is 1.65 bits per heavy atom. The first-order valence-electron chi connectivity index (χ1n) is 11.7. The molecule has 4 aromatic carbocycles. The van der Waals surface area contributed by atoms with E-state index in [2.05, 4.69) is 34.0 Å². The molecule has 0 fully saturated rings. The second-order valence-electron chi connectivity index (χ2n) is 7.95. The molecule has 8 heteroatoms. The zero-order valence-electron chi connectivity index (χ0n) is 20.6. The van der Waals surface area contributed by atoms with E-state index in [1.54, 1.807) is 49.6 Å². The number of ether oxygens (including phenoxy) is 3. The van der Waals surface area contributed by atoms with E-state index < -0.39 is 11.8 Å². The molecule has 0 heterocycles. The van der Waals surface area contributed by atoms with Crippen molar-refractivity contribution >= 4 is 34.5 Å². The number of fused-ring (bicyclic) bond motifs is 1. The number of hydrazone groups is 1. The molecule has 0 unspecified atom stereocenters. The van der Waals surface area contributed by atoms with E-state index in [0.29, 0.717) is 41.7 Å². The molecular formula is C29H27N3O5. The highest BCUT2D eigenvalue weighted by atomic mass is 16.5. The van der Waals surface area contributed by atoms with Gasteiger partial charge >= 0.3 is 11.8 Å². The van der Waals surface area contributed by atoms with Crippen molar-refractivity contribution < 1.29 is 23.8 Å². The highest BCUT2D eigenvalue weighted by molar-refractivity contribution is 6.39. The number of benzene rings is 4. The quantitative estimate of drug-likeness (QED) is 0.194. The molecule has 0 aliphatic carbocycles. The van der Waals surface area contributed by atoms with Crippen LogP contribution in [0.5, 0.6) is 17.2 Å². The Balaban J connectivity index is 1.33. The molecule has 0 atom stereocenters. The van der Waals surface area contributed by atoms with Crippen molar-refractivity contribution in [1.82, 2.24) is 5.43 Å². The number of carbonyl (C=O) groups is 2. The first-order valence-corrected chi connectivity index (χ1v) is 11.7. The van der Waals surface area contributed by atoms with E-state index >= 15 is 0 Å². The lowest BCUT2D eigenvalue weighted by atomic mass is 10.1. The van der Waals surface area contributed by atoms with Crippen molar-refractivity contribution in [3.8, 4) is 17.2 Å². The normalized spacial score (nSPS) is 10.8. The molecule has 2 N–H and O–H groups in total. The highest BCUT2D eigenvalue weighted by Crippen LogP contribution is 2.29. The van der Waals surface area contributed by atoms with Gasteiger partial charge in [-0.3, -0.25) is 9.59 Å². The zero-order valence-corrected chi connectivity index (χ0v) is 20.6. The fraction of sp³-hybridized carbons (Fsp3) is 0.138. The van der Waals surface area contributed by atoms with E-state index in [9.17, 15) is 9.59 Å². The Kier molecular flexibility index (Phi) is 8.33. The molecular weight excluding hydrogens is 470 g/mol. The summed E-state index contributed by atoms with van der Waals surface area (Å²) in [6.07, 6.45) is 1.42.